The minimum absolute atomic E-state index is 0.0193. The van der Waals surface area contributed by atoms with E-state index in [9.17, 15) is 19.6 Å². The zero-order chi connectivity index (χ0) is 15.2. The van der Waals surface area contributed by atoms with Crippen LogP contribution in [0.15, 0.2) is 12.1 Å². The van der Waals surface area contributed by atoms with Crippen LogP contribution in [0.4, 0.5) is 5.00 Å². The average Bonchev–Trinajstić information content (AvgIpc) is 2.85. The van der Waals surface area contributed by atoms with E-state index >= 15 is 0 Å². The number of nitrogens with zero attached hydrogens (tertiary/aromatic N) is 2. The maximum Gasteiger partial charge on any atom is 0.405 e. The Morgan fingerprint density at radius 3 is 2.45 bits per heavy atom. The molecule has 0 saturated heterocycles. The fourth-order valence-electron chi connectivity index (χ4n) is 1.33. The smallest absolute Gasteiger partial charge is 0.312 e. The van der Waals surface area contributed by atoms with Gasteiger partial charge < -0.3 is 4.89 Å². The third-order valence-electron chi connectivity index (χ3n) is 2.25. The first-order chi connectivity index (χ1) is 9.40. The van der Waals surface area contributed by atoms with Crippen LogP contribution in [0, 0.1) is 10.1 Å². The summed E-state index contributed by atoms with van der Waals surface area (Å²) in [6.45, 7) is 0.598. The Labute approximate surface area is 136 Å². The summed E-state index contributed by atoms with van der Waals surface area (Å²) in [5.74, 6) is 0. The van der Waals surface area contributed by atoms with E-state index in [1.807, 2.05) is 0 Å². The summed E-state index contributed by atoms with van der Waals surface area (Å²) >= 11 is 7.35. The van der Waals surface area contributed by atoms with E-state index in [0.29, 0.717) is 28.6 Å². The van der Waals surface area contributed by atoms with Crippen molar-refractivity contribution in [2.75, 3.05) is 23.7 Å². The molecule has 0 fully saturated rings. The van der Waals surface area contributed by atoms with Crippen molar-refractivity contribution >= 4 is 55.9 Å². The van der Waals surface area contributed by atoms with Gasteiger partial charge in [0.15, 0.2) is 0 Å². The molecule has 1 aromatic heterocycles. The summed E-state index contributed by atoms with van der Waals surface area (Å²) < 4.78 is 18.5. The topological polar surface area (TPSA) is 92.9 Å². The van der Waals surface area contributed by atoms with E-state index in [4.69, 9.17) is 4.52 Å². The summed E-state index contributed by atoms with van der Waals surface area (Å²) in [5.41, 5.74) is 0. The number of alkyl halides is 2. The predicted octanol–water partition coefficient (Wildman–Crippen LogP) is 3.37. The van der Waals surface area contributed by atoms with Gasteiger partial charge in [-0.25, -0.2) is 9.24 Å². The zero-order valence-corrected chi connectivity index (χ0v) is 15.2. The van der Waals surface area contributed by atoms with Gasteiger partial charge in [0.25, 0.3) is 0 Å². The minimum Gasteiger partial charge on any atom is -0.312 e. The molecule has 0 spiro atoms. The lowest BCUT2D eigenvalue weighted by molar-refractivity contribution is -0.380. The van der Waals surface area contributed by atoms with E-state index < -0.39 is 12.7 Å². The molecule has 0 aliphatic rings. The van der Waals surface area contributed by atoms with Gasteiger partial charge in [-0.3, -0.25) is 14.6 Å². The second-order valence-electron chi connectivity index (χ2n) is 3.59. The molecule has 0 amide bonds. The Kier molecular flexibility index (Phi) is 7.81. The van der Waals surface area contributed by atoms with Crippen molar-refractivity contribution in [3.8, 4) is 0 Å². The second-order valence-corrected chi connectivity index (χ2v) is 8.13. The van der Waals surface area contributed by atoms with E-state index in [-0.39, 0.29) is 11.6 Å². The lowest BCUT2D eigenvalue weighted by Crippen LogP contribution is -2.25. The van der Waals surface area contributed by atoms with Gasteiger partial charge in [-0.2, -0.15) is 0 Å². The third kappa shape index (κ3) is 5.51. The Hall–Kier alpha value is 0.170. The van der Waals surface area contributed by atoms with Gasteiger partial charge in [0.2, 0.25) is 0 Å². The number of halogens is 2. The normalized spacial score (nSPS) is 14.4. The van der Waals surface area contributed by atoms with Gasteiger partial charge in [-0.15, -0.1) is 0 Å². The number of thiophene rings is 1. The largest absolute Gasteiger partial charge is 0.405 e. The van der Waals surface area contributed by atoms with Crippen LogP contribution in [0.1, 0.15) is 4.88 Å². The molecule has 0 aromatic carbocycles. The monoisotopic (exact) mass is 450 g/mol. The van der Waals surface area contributed by atoms with E-state index in [0.717, 1.165) is 11.3 Å². The van der Waals surface area contributed by atoms with Crippen molar-refractivity contribution in [2.45, 2.75) is 6.61 Å². The van der Waals surface area contributed by atoms with Gasteiger partial charge in [0.05, 0.1) is 11.5 Å². The van der Waals surface area contributed by atoms with Gasteiger partial charge in [0, 0.05) is 34.7 Å². The predicted molar refractivity (Wildman–Crippen MR) is 84.7 cm³/mol. The first kappa shape index (κ1) is 18.2. The highest BCUT2D eigenvalue weighted by Gasteiger charge is 2.29. The quantitative estimate of drug-likeness (QED) is 0.268. The van der Waals surface area contributed by atoms with Crippen LogP contribution in [0.2, 0.25) is 0 Å². The standard InChI is InChI=1S/C9H13Br2N2O5PS/c10-3-5-12(6-4-11)19(16,17)18-7-8-1-2-9(20-8)13(14)15/h1-2H,3-7H2,(H,16,17). The molecule has 1 heterocycles. The fourth-order valence-corrected chi connectivity index (χ4v) is 4.73. The summed E-state index contributed by atoms with van der Waals surface area (Å²) in [6, 6.07) is 2.86. The Balaban J connectivity index is 2.64. The van der Waals surface area contributed by atoms with Gasteiger partial charge in [0.1, 0.15) is 0 Å². The molecule has 1 rings (SSSR count). The average molecular weight is 452 g/mol. The molecule has 114 valence electrons. The first-order valence-corrected chi connectivity index (χ1v) is 10.1. The van der Waals surface area contributed by atoms with E-state index in [2.05, 4.69) is 31.9 Å². The van der Waals surface area contributed by atoms with Crippen molar-refractivity contribution in [1.29, 1.82) is 0 Å². The summed E-state index contributed by atoms with van der Waals surface area (Å²) in [6.07, 6.45) is 0. The van der Waals surface area contributed by atoms with E-state index in [1.165, 1.54) is 16.8 Å². The molecule has 0 aliphatic heterocycles. The highest BCUT2D eigenvalue weighted by molar-refractivity contribution is 9.09. The third-order valence-corrected chi connectivity index (χ3v) is 5.55. The summed E-state index contributed by atoms with van der Waals surface area (Å²) in [7, 11) is -3.91. The van der Waals surface area contributed by atoms with Crippen molar-refractivity contribution in [1.82, 2.24) is 4.67 Å². The molecule has 1 N–H and O–H groups in total. The number of hydrogen-bond acceptors (Lipinski definition) is 5. The van der Waals surface area contributed by atoms with Crippen LogP contribution in [0.3, 0.4) is 0 Å². The highest BCUT2D eigenvalue weighted by atomic mass is 79.9. The maximum absolute atomic E-state index is 12.1. The first-order valence-electron chi connectivity index (χ1n) is 5.48. The van der Waals surface area contributed by atoms with E-state index in [1.54, 1.807) is 0 Å². The molecule has 1 aromatic rings. The molecule has 0 bridgehead atoms. The van der Waals surface area contributed by atoms with Crippen LogP contribution in [0.25, 0.3) is 0 Å². The molecule has 0 radical (unpaired) electrons. The highest BCUT2D eigenvalue weighted by Crippen LogP contribution is 2.47. The summed E-state index contributed by atoms with van der Waals surface area (Å²) in [5, 5.41) is 11.6. The molecular formula is C9H13Br2N2O5PS. The Morgan fingerprint density at radius 2 is 2.00 bits per heavy atom. The van der Waals surface area contributed by atoms with Gasteiger partial charge in [-0.1, -0.05) is 43.2 Å². The van der Waals surface area contributed by atoms with Crippen LogP contribution < -0.4 is 0 Å². The van der Waals surface area contributed by atoms with Crippen molar-refractivity contribution in [2.24, 2.45) is 0 Å². The number of rotatable bonds is 9. The van der Waals surface area contributed by atoms with Crippen LogP contribution in [0.5, 0.6) is 0 Å². The van der Waals surface area contributed by atoms with Crippen molar-refractivity contribution < 1.29 is 18.9 Å². The Morgan fingerprint density at radius 1 is 1.40 bits per heavy atom. The molecule has 11 heteroatoms. The van der Waals surface area contributed by atoms with Gasteiger partial charge in [-0.05, 0) is 6.07 Å². The van der Waals surface area contributed by atoms with Gasteiger partial charge >= 0.3 is 12.7 Å². The maximum atomic E-state index is 12.1. The molecule has 1 unspecified atom stereocenters. The summed E-state index contributed by atoms with van der Waals surface area (Å²) in [4.78, 5) is 20.5. The lowest BCUT2D eigenvalue weighted by atomic mass is 10.5. The molecule has 0 saturated carbocycles. The van der Waals surface area contributed by atoms with Crippen molar-refractivity contribution in [3.05, 3.63) is 27.1 Å². The molecule has 0 aliphatic carbocycles. The molecular weight excluding hydrogens is 439 g/mol. The lowest BCUT2D eigenvalue weighted by Gasteiger charge is -2.24. The SMILES string of the molecule is O=[N+]([O-])c1ccc(COP(=O)(O)N(CCBr)CCBr)s1. The minimum atomic E-state index is -3.91. The Bertz CT molecular complexity index is 494. The fraction of sp³-hybridized carbons (Fsp3) is 0.556. The number of nitro groups is 1. The molecule has 1 atom stereocenters. The number of hydrogen-bond donors (Lipinski definition) is 1. The van der Waals surface area contributed by atoms with Crippen LogP contribution in [-0.2, 0) is 15.7 Å². The zero-order valence-electron chi connectivity index (χ0n) is 10.3. The molecule has 20 heavy (non-hydrogen) atoms. The molecule has 7 nitrogen and oxygen atoms in total. The second kappa shape index (κ2) is 8.57. The van der Waals surface area contributed by atoms with Crippen LogP contribution >= 0.6 is 50.9 Å². The van der Waals surface area contributed by atoms with Crippen LogP contribution in [-0.4, -0.2) is 38.2 Å². The van der Waals surface area contributed by atoms with Crippen molar-refractivity contribution in [3.63, 3.8) is 0 Å².